The topological polar surface area (TPSA) is 80.5 Å². The fraction of sp³-hybridized carbons (Fsp3) is 0.217. The number of nitrogens with zero attached hydrogens (tertiary/aromatic N) is 2. The van der Waals surface area contributed by atoms with Crippen LogP contribution in [0.1, 0.15) is 23.3 Å². The van der Waals surface area contributed by atoms with Gasteiger partial charge in [-0.1, -0.05) is 35.1 Å². The highest BCUT2D eigenvalue weighted by Crippen LogP contribution is 2.31. The monoisotopic (exact) mass is 454 g/mol. The van der Waals surface area contributed by atoms with Crippen LogP contribution in [0.5, 0.6) is 0 Å². The minimum absolute atomic E-state index is 0.147. The number of benzene rings is 2. The number of thiazole rings is 1. The Labute approximate surface area is 185 Å². The molecule has 0 saturated heterocycles. The van der Waals surface area contributed by atoms with Crippen LogP contribution in [0.4, 0.5) is 5.13 Å². The standard InChI is InChI=1S/C23H22N2O4S2/c1-16-5-8-19(9-6-16)31(27,28)13-11-22(26)25(15-18-4-3-12-29-18)23-24-20-10-7-17(2)14-21(20)30-23/h3-10,12,14H,11,13,15H2,1-2H3. The molecule has 6 nitrogen and oxygen atoms in total. The van der Waals surface area contributed by atoms with Crippen molar-refractivity contribution < 1.29 is 17.6 Å². The van der Waals surface area contributed by atoms with Gasteiger partial charge in [0.1, 0.15) is 5.76 Å². The van der Waals surface area contributed by atoms with E-state index in [2.05, 4.69) is 4.98 Å². The van der Waals surface area contributed by atoms with Crippen LogP contribution in [0.15, 0.2) is 70.2 Å². The van der Waals surface area contributed by atoms with Gasteiger partial charge >= 0.3 is 0 Å². The molecule has 0 saturated carbocycles. The van der Waals surface area contributed by atoms with Crippen LogP contribution in [0, 0.1) is 13.8 Å². The highest BCUT2D eigenvalue weighted by molar-refractivity contribution is 7.91. The minimum Gasteiger partial charge on any atom is -0.467 e. The van der Waals surface area contributed by atoms with Gasteiger partial charge in [0.05, 0.1) is 33.7 Å². The second-order valence-electron chi connectivity index (χ2n) is 7.41. The van der Waals surface area contributed by atoms with Crippen LogP contribution in [0.2, 0.25) is 0 Å². The lowest BCUT2D eigenvalue weighted by Gasteiger charge is -2.18. The van der Waals surface area contributed by atoms with Gasteiger partial charge < -0.3 is 4.42 Å². The summed E-state index contributed by atoms with van der Waals surface area (Å²) >= 11 is 1.40. The minimum atomic E-state index is -3.57. The number of anilines is 1. The fourth-order valence-corrected chi connectivity index (χ4v) is 5.49. The maximum Gasteiger partial charge on any atom is 0.230 e. The molecule has 0 radical (unpaired) electrons. The van der Waals surface area contributed by atoms with E-state index in [1.54, 1.807) is 42.7 Å². The molecule has 0 unspecified atom stereocenters. The van der Waals surface area contributed by atoms with Gasteiger partial charge in [-0.2, -0.15) is 0 Å². The predicted molar refractivity (Wildman–Crippen MR) is 122 cm³/mol. The zero-order valence-electron chi connectivity index (χ0n) is 17.2. The Morgan fingerprint density at radius 1 is 1.06 bits per heavy atom. The number of hydrogen-bond donors (Lipinski definition) is 0. The van der Waals surface area contributed by atoms with Crippen molar-refractivity contribution in [2.75, 3.05) is 10.7 Å². The van der Waals surface area contributed by atoms with E-state index >= 15 is 0 Å². The van der Waals surface area contributed by atoms with Crippen molar-refractivity contribution in [3.05, 3.63) is 77.7 Å². The number of fused-ring (bicyclic) bond motifs is 1. The van der Waals surface area contributed by atoms with Crippen molar-refractivity contribution in [3.63, 3.8) is 0 Å². The molecule has 160 valence electrons. The number of amides is 1. The molecule has 4 aromatic rings. The normalized spacial score (nSPS) is 11.7. The first kappa shape index (κ1) is 21.3. The van der Waals surface area contributed by atoms with Crippen molar-refractivity contribution in [2.24, 2.45) is 0 Å². The second kappa shape index (κ2) is 8.64. The van der Waals surface area contributed by atoms with Gasteiger partial charge in [0.15, 0.2) is 15.0 Å². The number of rotatable bonds is 7. The quantitative estimate of drug-likeness (QED) is 0.397. The number of carbonyl (C=O) groups excluding carboxylic acids is 1. The largest absolute Gasteiger partial charge is 0.467 e. The summed E-state index contributed by atoms with van der Waals surface area (Å²) in [6.07, 6.45) is 1.40. The molecule has 0 bridgehead atoms. The van der Waals surface area contributed by atoms with E-state index in [1.807, 2.05) is 32.0 Å². The molecule has 0 fully saturated rings. The van der Waals surface area contributed by atoms with Crippen molar-refractivity contribution in [1.29, 1.82) is 0 Å². The van der Waals surface area contributed by atoms with Crippen molar-refractivity contribution >= 4 is 42.4 Å². The van der Waals surface area contributed by atoms with Crippen LogP contribution in [0.25, 0.3) is 10.2 Å². The summed E-state index contributed by atoms with van der Waals surface area (Å²) in [6.45, 7) is 4.09. The Balaban J connectivity index is 1.58. The Kier molecular flexibility index (Phi) is 5.93. The molecule has 0 spiro atoms. The van der Waals surface area contributed by atoms with E-state index in [-0.39, 0.29) is 29.5 Å². The third kappa shape index (κ3) is 4.86. The number of hydrogen-bond acceptors (Lipinski definition) is 6. The maximum absolute atomic E-state index is 13.1. The van der Waals surface area contributed by atoms with E-state index in [1.165, 1.54) is 16.2 Å². The van der Waals surface area contributed by atoms with Gasteiger partial charge in [-0.15, -0.1) is 0 Å². The molecule has 2 heterocycles. The van der Waals surface area contributed by atoms with E-state index in [0.717, 1.165) is 21.3 Å². The molecular formula is C23H22N2O4S2. The van der Waals surface area contributed by atoms with Gasteiger partial charge in [-0.25, -0.2) is 13.4 Å². The summed E-state index contributed by atoms with van der Waals surface area (Å²) < 4.78 is 31.8. The predicted octanol–water partition coefficient (Wildman–Crippen LogP) is 4.90. The molecule has 0 N–H and O–H groups in total. The second-order valence-corrected chi connectivity index (χ2v) is 10.5. The number of furan rings is 1. The molecule has 0 atom stereocenters. The molecule has 0 aliphatic rings. The first-order valence-electron chi connectivity index (χ1n) is 9.81. The lowest BCUT2D eigenvalue weighted by Crippen LogP contribution is -2.31. The zero-order valence-corrected chi connectivity index (χ0v) is 18.9. The molecule has 1 amide bonds. The van der Waals surface area contributed by atoms with Gasteiger partial charge in [0.2, 0.25) is 5.91 Å². The van der Waals surface area contributed by atoms with Gasteiger partial charge in [-0.05, 0) is 55.8 Å². The van der Waals surface area contributed by atoms with E-state index in [9.17, 15) is 13.2 Å². The Morgan fingerprint density at radius 3 is 2.52 bits per heavy atom. The lowest BCUT2D eigenvalue weighted by atomic mass is 10.2. The molecule has 0 aliphatic heterocycles. The number of aromatic nitrogens is 1. The lowest BCUT2D eigenvalue weighted by molar-refractivity contribution is -0.118. The van der Waals surface area contributed by atoms with Crippen LogP contribution in [-0.2, 0) is 21.2 Å². The number of carbonyl (C=O) groups is 1. The zero-order chi connectivity index (χ0) is 22.0. The van der Waals surface area contributed by atoms with Gasteiger partial charge in [0, 0.05) is 6.42 Å². The Hall–Kier alpha value is -2.97. The molecule has 8 heteroatoms. The molecule has 4 rings (SSSR count). The summed E-state index contributed by atoms with van der Waals surface area (Å²) in [5, 5.41) is 0.523. The van der Waals surface area contributed by atoms with E-state index < -0.39 is 9.84 Å². The smallest absolute Gasteiger partial charge is 0.230 e. The van der Waals surface area contributed by atoms with Gasteiger partial charge in [0.25, 0.3) is 0 Å². The molecular weight excluding hydrogens is 432 g/mol. The van der Waals surface area contributed by atoms with Crippen LogP contribution >= 0.6 is 11.3 Å². The average Bonchev–Trinajstić information content (AvgIpc) is 3.39. The van der Waals surface area contributed by atoms with Crippen molar-refractivity contribution in [3.8, 4) is 0 Å². The van der Waals surface area contributed by atoms with Crippen LogP contribution < -0.4 is 4.90 Å². The molecule has 2 aromatic carbocycles. The average molecular weight is 455 g/mol. The molecule has 2 aromatic heterocycles. The van der Waals surface area contributed by atoms with Crippen molar-refractivity contribution in [1.82, 2.24) is 4.98 Å². The van der Waals surface area contributed by atoms with Crippen LogP contribution in [-0.4, -0.2) is 25.1 Å². The SMILES string of the molecule is Cc1ccc(S(=O)(=O)CCC(=O)N(Cc2ccco2)c2nc3ccc(C)cc3s2)cc1. The highest BCUT2D eigenvalue weighted by atomic mass is 32.2. The Bertz CT molecular complexity index is 1310. The van der Waals surface area contributed by atoms with Crippen molar-refractivity contribution in [2.45, 2.75) is 31.7 Å². The maximum atomic E-state index is 13.1. The highest BCUT2D eigenvalue weighted by Gasteiger charge is 2.24. The molecule has 0 aliphatic carbocycles. The van der Waals surface area contributed by atoms with Gasteiger partial charge in [-0.3, -0.25) is 9.69 Å². The van der Waals surface area contributed by atoms with E-state index in [0.29, 0.717) is 10.9 Å². The Morgan fingerprint density at radius 2 is 1.81 bits per heavy atom. The molecule has 31 heavy (non-hydrogen) atoms. The summed E-state index contributed by atoms with van der Waals surface area (Å²) in [5.74, 6) is 0.0149. The number of aryl methyl sites for hydroxylation is 2. The summed E-state index contributed by atoms with van der Waals surface area (Å²) in [6, 6.07) is 16.1. The summed E-state index contributed by atoms with van der Waals surface area (Å²) in [4.78, 5) is 19.5. The summed E-state index contributed by atoms with van der Waals surface area (Å²) in [7, 11) is -3.57. The first-order chi connectivity index (χ1) is 14.8. The third-order valence-corrected chi connectivity index (χ3v) is 7.70. The van der Waals surface area contributed by atoms with E-state index in [4.69, 9.17) is 4.42 Å². The third-order valence-electron chi connectivity index (χ3n) is 4.92. The number of sulfone groups is 1. The van der Waals surface area contributed by atoms with Crippen LogP contribution in [0.3, 0.4) is 0 Å². The summed E-state index contributed by atoms with van der Waals surface area (Å²) in [5.41, 5.74) is 2.89. The first-order valence-corrected chi connectivity index (χ1v) is 12.3. The fourth-order valence-electron chi connectivity index (χ4n) is 3.18.